The van der Waals surface area contributed by atoms with Gasteiger partial charge in [0.05, 0.1) is 0 Å². The zero-order chi connectivity index (χ0) is 5.44. The Morgan fingerprint density at radius 2 is 2.43 bits per heavy atom. The highest BCUT2D eigenvalue weighted by Crippen LogP contribution is 2.06. The minimum Gasteiger partial charge on any atom is -0.432 e. The average Bonchev–Trinajstić information content (AvgIpc) is 1.68. The van der Waals surface area contributed by atoms with E-state index in [2.05, 4.69) is 4.74 Å². The van der Waals surface area contributed by atoms with Crippen molar-refractivity contribution in [1.82, 2.24) is 0 Å². The van der Waals surface area contributed by atoms with E-state index in [-0.39, 0.29) is 0 Å². The van der Waals surface area contributed by atoms with Crippen molar-refractivity contribution >= 4 is 5.97 Å². The molecule has 0 amide bonds. The number of ether oxygens (including phenoxy) is 1. The maximum absolute atomic E-state index is 9.93. The number of rotatable bonds is 0. The van der Waals surface area contributed by atoms with Gasteiger partial charge in [0, 0.05) is 0 Å². The molecule has 4 heteroatoms. The highest BCUT2D eigenvalue weighted by Gasteiger charge is 2.37. The van der Waals surface area contributed by atoms with E-state index in [1.54, 1.807) is 0 Å². The molecule has 1 fully saturated rings. The fourth-order valence-corrected chi connectivity index (χ4v) is 0.315. The molecule has 2 atom stereocenters. The molecular weight excluding hydrogens is 98.0 g/mol. The topological polar surface area (TPSA) is 72.6 Å². The second-order valence-corrected chi connectivity index (χ2v) is 1.35. The Morgan fingerprint density at radius 3 is 2.43 bits per heavy atom. The molecule has 3 N–H and O–H groups in total. The Kier molecular flexibility index (Phi) is 0.765. The van der Waals surface area contributed by atoms with Crippen LogP contribution < -0.4 is 5.73 Å². The Morgan fingerprint density at radius 1 is 1.86 bits per heavy atom. The second-order valence-electron chi connectivity index (χ2n) is 1.35. The molecule has 1 aliphatic rings. The van der Waals surface area contributed by atoms with Crippen LogP contribution in [-0.2, 0) is 9.53 Å². The minimum atomic E-state index is -1.06. The number of carbonyl (C=O) groups excluding carboxylic acids is 1. The summed E-state index contributed by atoms with van der Waals surface area (Å²) in [6.45, 7) is 0. The largest absolute Gasteiger partial charge is 0.432 e. The summed E-state index contributed by atoms with van der Waals surface area (Å²) in [6.07, 6.45) is -1.06. The lowest BCUT2D eigenvalue weighted by Crippen LogP contribution is -2.55. The number of cyclic esters (lactones) is 1. The second kappa shape index (κ2) is 1.18. The molecule has 7 heavy (non-hydrogen) atoms. The van der Waals surface area contributed by atoms with E-state index in [4.69, 9.17) is 10.8 Å². The molecule has 0 aromatic rings. The standard InChI is InChI=1S/C3H5NO3/c4-1-2(5)7-3(1)6/h1-2,5H,4H2/t1?,2-/m1/s1. The first-order chi connectivity index (χ1) is 3.22. The van der Waals surface area contributed by atoms with Crippen LogP contribution in [0.3, 0.4) is 0 Å². The van der Waals surface area contributed by atoms with Crippen LogP contribution in [0, 0.1) is 0 Å². The molecule has 1 aliphatic heterocycles. The summed E-state index contributed by atoms with van der Waals surface area (Å²) in [6, 6.07) is -0.806. The van der Waals surface area contributed by atoms with Crippen LogP contribution in [0.2, 0.25) is 0 Å². The fraction of sp³-hybridized carbons (Fsp3) is 0.667. The highest BCUT2D eigenvalue weighted by molar-refractivity contribution is 5.81. The quantitative estimate of drug-likeness (QED) is 0.354. The van der Waals surface area contributed by atoms with Crippen molar-refractivity contribution in [2.75, 3.05) is 0 Å². The lowest BCUT2D eigenvalue weighted by molar-refractivity contribution is -0.209. The molecule has 0 spiro atoms. The number of aliphatic hydroxyl groups is 1. The third-order valence-corrected chi connectivity index (χ3v) is 0.816. The summed E-state index contributed by atoms with van der Waals surface area (Å²) in [5.74, 6) is -0.535. The normalized spacial score (nSPS) is 39.4. The van der Waals surface area contributed by atoms with Gasteiger partial charge in [-0.2, -0.15) is 0 Å². The number of esters is 1. The summed E-state index contributed by atoms with van der Waals surface area (Å²) in [4.78, 5) is 9.93. The summed E-state index contributed by atoms with van der Waals surface area (Å²) in [7, 11) is 0. The van der Waals surface area contributed by atoms with Gasteiger partial charge in [-0.05, 0) is 0 Å². The van der Waals surface area contributed by atoms with Crippen LogP contribution in [0.4, 0.5) is 0 Å². The summed E-state index contributed by atoms with van der Waals surface area (Å²) >= 11 is 0. The fourth-order valence-electron chi connectivity index (χ4n) is 0.315. The van der Waals surface area contributed by atoms with Gasteiger partial charge in [-0.15, -0.1) is 0 Å². The van der Waals surface area contributed by atoms with E-state index in [0.717, 1.165) is 0 Å². The molecule has 0 aromatic heterocycles. The molecule has 40 valence electrons. The van der Waals surface area contributed by atoms with Crippen molar-refractivity contribution in [3.63, 3.8) is 0 Å². The summed E-state index contributed by atoms with van der Waals surface area (Å²) in [5.41, 5.74) is 4.94. The zero-order valence-electron chi connectivity index (χ0n) is 3.50. The van der Waals surface area contributed by atoms with Gasteiger partial charge < -0.3 is 15.6 Å². The Bertz CT molecular complexity index is 102. The number of hydrogen-bond acceptors (Lipinski definition) is 4. The maximum Gasteiger partial charge on any atom is 0.331 e. The molecule has 0 aromatic carbocycles. The lowest BCUT2D eigenvalue weighted by atomic mass is 10.2. The number of hydrogen-bond donors (Lipinski definition) is 2. The van der Waals surface area contributed by atoms with Crippen molar-refractivity contribution in [1.29, 1.82) is 0 Å². The zero-order valence-corrected chi connectivity index (χ0v) is 3.50. The number of nitrogens with two attached hydrogens (primary N) is 1. The molecule has 1 saturated heterocycles. The van der Waals surface area contributed by atoms with Crippen molar-refractivity contribution in [2.45, 2.75) is 12.3 Å². The van der Waals surface area contributed by atoms with E-state index in [1.807, 2.05) is 0 Å². The molecule has 1 heterocycles. The van der Waals surface area contributed by atoms with E-state index in [1.165, 1.54) is 0 Å². The van der Waals surface area contributed by atoms with Gasteiger partial charge in [-0.25, -0.2) is 0 Å². The summed E-state index contributed by atoms with van der Waals surface area (Å²) in [5, 5.41) is 8.32. The molecule has 0 aliphatic carbocycles. The highest BCUT2D eigenvalue weighted by atomic mass is 16.7. The first-order valence-corrected chi connectivity index (χ1v) is 1.86. The first-order valence-electron chi connectivity index (χ1n) is 1.86. The van der Waals surface area contributed by atoms with Crippen LogP contribution in [-0.4, -0.2) is 23.4 Å². The van der Waals surface area contributed by atoms with Gasteiger partial charge in [-0.1, -0.05) is 0 Å². The summed E-state index contributed by atoms with van der Waals surface area (Å²) < 4.78 is 4.04. The van der Waals surface area contributed by atoms with Gasteiger partial charge in [0.15, 0.2) is 6.04 Å². The van der Waals surface area contributed by atoms with Crippen molar-refractivity contribution in [3.8, 4) is 0 Å². The smallest absolute Gasteiger partial charge is 0.331 e. The predicted molar refractivity (Wildman–Crippen MR) is 20.1 cm³/mol. The van der Waals surface area contributed by atoms with Crippen LogP contribution >= 0.6 is 0 Å². The van der Waals surface area contributed by atoms with Gasteiger partial charge in [-0.3, -0.25) is 4.79 Å². The van der Waals surface area contributed by atoms with Gasteiger partial charge in [0.2, 0.25) is 6.29 Å². The van der Waals surface area contributed by atoms with E-state index in [9.17, 15) is 4.79 Å². The van der Waals surface area contributed by atoms with Crippen LogP contribution in [0.25, 0.3) is 0 Å². The number of carbonyl (C=O) groups is 1. The van der Waals surface area contributed by atoms with Crippen LogP contribution in [0.1, 0.15) is 0 Å². The van der Waals surface area contributed by atoms with Gasteiger partial charge in [0.1, 0.15) is 0 Å². The molecule has 0 radical (unpaired) electrons. The first kappa shape index (κ1) is 4.55. The van der Waals surface area contributed by atoms with Gasteiger partial charge >= 0.3 is 5.97 Å². The van der Waals surface area contributed by atoms with E-state index in [0.29, 0.717) is 0 Å². The Hall–Kier alpha value is -0.610. The third kappa shape index (κ3) is 0.477. The molecule has 1 rings (SSSR count). The van der Waals surface area contributed by atoms with Crippen LogP contribution in [0.5, 0.6) is 0 Å². The van der Waals surface area contributed by atoms with Crippen molar-refractivity contribution in [3.05, 3.63) is 0 Å². The SMILES string of the molecule is NC1C(=O)O[C@H]1O. The minimum absolute atomic E-state index is 0.535. The predicted octanol–water partition coefficient (Wildman–Crippen LogP) is -1.81. The monoisotopic (exact) mass is 103 g/mol. The molecule has 1 unspecified atom stereocenters. The lowest BCUT2D eigenvalue weighted by Gasteiger charge is -2.26. The Labute approximate surface area is 39.9 Å². The molecule has 4 nitrogen and oxygen atoms in total. The van der Waals surface area contributed by atoms with E-state index < -0.39 is 18.3 Å². The van der Waals surface area contributed by atoms with E-state index >= 15 is 0 Å². The maximum atomic E-state index is 9.93. The van der Waals surface area contributed by atoms with Crippen molar-refractivity contribution in [2.24, 2.45) is 5.73 Å². The van der Waals surface area contributed by atoms with Crippen molar-refractivity contribution < 1.29 is 14.6 Å². The van der Waals surface area contributed by atoms with Crippen LogP contribution in [0.15, 0.2) is 0 Å². The number of aliphatic hydroxyl groups excluding tert-OH is 1. The molecule has 0 saturated carbocycles. The Balaban J connectivity index is 2.43. The third-order valence-electron chi connectivity index (χ3n) is 0.816. The average molecular weight is 103 g/mol. The van der Waals surface area contributed by atoms with Gasteiger partial charge in [0.25, 0.3) is 0 Å². The molecular formula is C3H5NO3. The molecule has 0 bridgehead atoms.